The first-order valence-electron chi connectivity index (χ1n) is 9.03. The second-order valence-corrected chi connectivity index (χ2v) is 9.39. The standard InChI is InChI=1S/C19H30N2O3S/c1-14(2)21(15(3)4)19(22)17-7-6-12-20(13-17)25(23,24)18-10-8-16(5)9-11-18/h8-11,14-15,17H,6-7,12-13H2,1-5H3/t17-/m0/s1. The first-order valence-corrected chi connectivity index (χ1v) is 10.5. The van der Waals surface area contributed by atoms with E-state index in [1.54, 1.807) is 24.3 Å². The van der Waals surface area contributed by atoms with Crippen molar-refractivity contribution >= 4 is 15.9 Å². The van der Waals surface area contributed by atoms with E-state index in [-0.39, 0.29) is 30.5 Å². The Bertz CT molecular complexity index is 688. The van der Waals surface area contributed by atoms with Crippen LogP contribution in [0.25, 0.3) is 0 Å². The molecule has 1 saturated heterocycles. The lowest BCUT2D eigenvalue weighted by molar-refractivity contribution is -0.140. The molecule has 1 aliphatic heterocycles. The van der Waals surface area contributed by atoms with Crippen LogP contribution in [0.4, 0.5) is 0 Å². The normalized spacial score (nSPS) is 19.4. The number of amides is 1. The van der Waals surface area contributed by atoms with Gasteiger partial charge in [0.15, 0.2) is 0 Å². The van der Waals surface area contributed by atoms with Gasteiger partial charge in [-0.15, -0.1) is 0 Å². The molecule has 0 spiro atoms. The molecule has 6 heteroatoms. The van der Waals surface area contributed by atoms with Gasteiger partial charge in [0.2, 0.25) is 15.9 Å². The number of hydrogen-bond acceptors (Lipinski definition) is 3. The molecule has 1 atom stereocenters. The number of carbonyl (C=O) groups excluding carboxylic acids is 1. The van der Waals surface area contributed by atoms with E-state index in [0.29, 0.717) is 17.9 Å². The Morgan fingerprint density at radius 1 is 1.12 bits per heavy atom. The van der Waals surface area contributed by atoms with Gasteiger partial charge in [-0.05, 0) is 59.6 Å². The first-order chi connectivity index (χ1) is 11.6. The molecule has 0 bridgehead atoms. The Morgan fingerprint density at radius 2 is 1.68 bits per heavy atom. The van der Waals surface area contributed by atoms with E-state index in [1.165, 1.54) is 4.31 Å². The maximum atomic E-state index is 12.9. The predicted molar refractivity (Wildman–Crippen MR) is 99.8 cm³/mol. The molecule has 0 N–H and O–H groups in total. The van der Waals surface area contributed by atoms with E-state index >= 15 is 0 Å². The molecule has 140 valence electrons. The highest BCUT2D eigenvalue weighted by Crippen LogP contribution is 2.26. The number of hydrogen-bond donors (Lipinski definition) is 0. The van der Waals surface area contributed by atoms with Gasteiger partial charge in [0.25, 0.3) is 0 Å². The van der Waals surface area contributed by atoms with E-state index < -0.39 is 10.0 Å². The lowest BCUT2D eigenvalue weighted by Crippen LogP contribution is -2.50. The van der Waals surface area contributed by atoms with E-state index in [2.05, 4.69) is 0 Å². The molecule has 1 aliphatic rings. The van der Waals surface area contributed by atoms with Crippen LogP contribution < -0.4 is 0 Å². The van der Waals surface area contributed by atoms with E-state index in [1.807, 2.05) is 39.5 Å². The van der Waals surface area contributed by atoms with Crippen LogP contribution in [0.1, 0.15) is 46.1 Å². The van der Waals surface area contributed by atoms with Crippen LogP contribution in [0.3, 0.4) is 0 Å². The van der Waals surface area contributed by atoms with Crippen LogP contribution in [0, 0.1) is 12.8 Å². The van der Waals surface area contributed by atoms with Crippen molar-refractivity contribution in [1.82, 2.24) is 9.21 Å². The fraction of sp³-hybridized carbons (Fsp3) is 0.632. The van der Waals surface area contributed by atoms with Crippen molar-refractivity contribution in [1.29, 1.82) is 0 Å². The van der Waals surface area contributed by atoms with E-state index in [4.69, 9.17) is 0 Å². The van der Waals surface area contributed by atoms with Crippen molar-refractivity contribution < 1.29 is 13.2 Å². The fourth-order valence-electron chi connectivity index (χ4n) is 3.54. The monoisotopic (exact) mass is 366 g/mol. The van der Waals surface area contributed by atoms with Gasteiger partial charge in [-0.2, -0.15) is 4.31 Å². The molecule has 1 aromatic carbocycles. The second-order valence-electron chi connectivity index (χ2n) is 7.45. The Morgan fingerprint density at radius 3 is 2.20 bits per heavy atom. The molecule has 2 rings (SSSR count). The van der Waals surface area contributed by atoms with Crippen LogP contribution >= 0.6 is 0 Å². The highest BCUT2D eigenvalue weighted by atomic mass is 32.2. The van der Waals surface area contributed by atoms with Crippen molar-refractivity contribution in [3.05, 3.63) is 29.8 Å². The summed E-state index contributed by atoms with van der Waals surface area (Å²) >= 11 is 0. The maximum absolute atomic E-state index is 12.9. The zero-order valence-electron chi connectivity index (χ0n) is 15.9. The summed E-state index contributed by atoms with van der Waals surface area (Å²) in [5.41, 5.74) is 1.02. The number of aryl methyl sites for hydroxylation is 1. The molecule has 1 heterocycles. The predicted octanol–water partition coefficient (Wildman–Crippen LogP) is 3.04. The number of piperidine rings is 1. The van der Waals surface area contributed by atoms with Crippen molar-refractivity contribution in [2.24, 2.45) is 5.92 Å². The molecule has 0 saturated carbocycles. The quantitative estimate of drug-likeness (QED) is 0.805. The number of carbonyl (C=O) groups is 1. The third-order valence-electron chi connectivity index (χ3n) is 4.76. The van der Waals surface area contributed by atoms with Gasteiger partial charge in [-0.3, -0.25) is 4.79 Å². The minimum atomic E-state index is -3.55. The third kappa shape index (κ3) is 4.42. The van der Waals surface area contributed by atoms with E-state index in [9.17, 15) is 13.2 Å². The minimum absolute atomic E-state index is 0.0637. The number of sulfonamides is 1. The van der Waals surface area contributed by atoms with Crippen molar-refractivity contribution in [3.63, 3.8) is 0 Å². The summed E-state index contributed by atoms with van der Waals surface area (Å²) in [6.07, 6.45) is 1.46. The van der Waals surface area contributed by atoms with Crippen molar-refractivity contribution in [3.8, 4) is 0 Å². The van der Waals surface area contributed by atoms with Crippen LogP contribution in [0.5, 0.6) is 0 Å². The highest BCUT2D eigenvalue weighted by Gasteiger charge is 2.36. The zero-order valence-corrected chi connectivity index (χ0v) is 16.7. The van der Waals surface area contributed by atoms with Crippen LogP contribution in [0.2, 0.25) is 0 Å². The fourth-order valence-corrected chi connectivity index (χ4v) is 5.06. The molecule has 1 fully saturated rings. The summed E-state index contributed by atoms with van der Waals surface area (Å²) in [7, 11) is -3.55. The SMILES string of the molecule is Cc1ccc(S(=O)(=O)N2CCC[C@H](C(=O)N(C(C)C)C(C)C)C2)cc1. The zero-order chi connectivity index (χ0) is 18.8. The molecule has 5 nitrogen and oxygen atoms in total. The molecule has 0 unspecified atom stereocenters. The molecule has 1 aromatic rings. The summed E-state index contributed by atoms with van der Waals surface area (Å²) < 4.78 is 27.3. The first kappa shape index (κ1) is 19.9. The average Bonchev–Trinajstić information content (AvgIpc) is 2.54. The summed E-state index contributed by atoms with van der Waals surface area (Å²) in [5.74, 6) is -0.201. The lowest BCUT2D eigenvalue weighted by Gasteiger charge is -2.37. The van der Waals surface area contributed by atoms with Gasteiger partial charge in [0.1, 0.15) is 0 Å². The van der Waals surface area contributed by atoms with Gasteiger partial charge in [0.05, 0.1) is 10.8 Å². The molecule has 0 aromatic heterocycles. The highest BCUT2D eigenvalue weighted by molar-refractivity contribution is 7.89. The van der Waals surface area contributed by atoms with Crippen LogP contribution in [-0.4, -0.2) is 48.7 Å². The summed E-state index contributed by atoms with van der Waals surface area (Å²) in [6.45, 7) is 10.7. The van der Waals surface area contributed by atoms with Crippen LogP contribution in [-0.2, 0) is 14.8 Å². The Kier molecular flexibility index (Phi) is 6.27. The van der Waals surface area contributed by atoms with Crippen LogP contribution in [0.15, 0.2) is 29.2 Å². The van der Waals surface area contributed by atoms with Gasteiger partial charge < -0.3 is 4.90 Å². The van der Waals surface area contributed by atoms with Gasteiger partial charge >= 0.3 is 0 Å². The van der Waals surface area contributed by atoms with Gasteiger partial charge in [0, 0.05) is 25.2 Å². The number of benzene rings is 1. The number of rotatable bonds is 5. The Hall–Kier alpha value is -1.40. The maximum Gasteiger partial charge on any atom is 0.243 e. The van der Waals surface area contributed by atoms with Crippen molar-refractivity contribution in [2.45, 2.75) is 64.4 Å². The second kappa shape index (κ2) is 7.87. The Labute approximate surface area is 152 Å². The molecular formula is C19H30N2O3S. The summed E-state index contributed by atoms with van der Waals surface area (Å²) in [6, 6.07) is 7.11. The number of nitrogens with zero attached hydrogens (tertiary/aromatic N) is 2. The molecule has 0 radical (unpaired) electrons. The molecule has 0 aliphatic carbocycles. The van der Waals surface area contributed by atoms with E-state index in [0.717, 1.165) is 12.0 Å². The minimum Gasteiger partial charge on any atom is -0.338 e. The van der Waals surface area contributed by atoms with Crippen molar-refractivity contribution in [2.75, 3.05) is 13.1 Å². The average molecular weight is 367 g/mol. The summed E-state index contributed by atoms with van der Waals surface area (Å²) in [4.78, 5) is 15.1. The molecule has 25 heavy (non-hydrogen) atoms. The Balaban J connectivity index is 2.20. The van der Waals surface area contributed by atoms with Gasteiger partial charge in [-0.1, -0.05) is 17.7 Å². The third-order valence-corrected chi connectivity index (χ3v) is 6.64. The van der Waals surface area contributed by atoms with Gasteiger partial charge in [-0.25, -0.2) is 8.42 Å². The smallest absolute Gasteiger partial charge is 0.243 e. The topological polar surface area (TPSA) is 57.7 Å². The molecular weight excluding hydrogens is 336 g/mol. The summed E-state index contributed by atoms with van der Waals surface area (Å²) in [5, 5.41) is 0. The largest absolute Gasteiger partial charge is 0.338 e. The lowest BCUT2D eigenvalue weighted by atomic mass is 9.97. The molecule has 1 amide bonds.